The van der Waals surface area contributed by atoms with Gasteiger partial charge < -0.3 is 10.5 Å². The van der Waals surface area contributed by atoms with E-state index in [-0.39, 0.29) is 12.1 Å². The van der Waals surface area contributed by atoms with E-state index in [0.29, 0.717) is 6.04 Å². The molecule has 0 spiro atoms. The highest BCUT2D eigenvalue weighted by molar-refractivity contribution is 5.29. The highest BCUT2D eigenvalue weighted by Gasteiger charge is 2.24. The summed E-state index contributed by atoms with van der Waals surface area (Å²) >= 11 is 0. The van der Waals surface area contributed by atoms with E-state index >= 15 is 0 Å². The van der Waals surface area contributed by atoms with Crippen LogP contribution < -0.4 is 10.5 Å². The Labute approximate surface area is 129 Å². The summed E-state index contributed by atoms with van der Waals surface area (Å²) in [5.74, 6) is 1.70. The number of likely N-dealkylation sites (tertiary alicyclic amines) is 1. The minimum absolute atomic E-state index is 0.0749. The Kier molecular flexibility index (Phi) is 5.65. The minimum Gasteiger partial charge on any atom is -0.491 e. The highest BCUT2D eigenvalue weighted by Crippen LogP contribution is 2.24. The molecule has 118 valence electrons. The van der Waals surface area contributed by atoms with Crippen molar-refractivity contribution >= 4 is 0 Å². The van der Waals surface area contributed by atoms with E-state index < -0.39 is 0 Å². The van der Waals surface area contributed by atoms with Gasteiger partial charge in [0.15, 0.2) is 0 Å². The largest absolute Gasteiger partial charge is 0.491 e. The molecule has 1 aromatic rings. The third-order valence-corrected chi connectivity index (χ3v) is 4.36. The van der Waals surface area contributed by atoms with Crippen molar-refractivity contribution in [3.8, 4) is 5.75 Å². The maximum absolute atomic E-state index is 6.40. The van der Waals surface area contributed by atoms with Gasteiger partial charge in [-0.05, 0) is 57.2 Å². The fraction of sp³-hybridized carbons (Fsp3) is 0.667. The SMILES string of the molecule is CC1CCC(C)N(CC(N)c2ccc(OC(C)C)cc2)C1. The number of hydrogen-bond acceptors (Lipinski definition) is 3. The van der Waals surface area contributed by atoms with E-state index in [1.165, 1.54) is 24.9 Å². The van der Waals surface area contributed by atoms with Gasteiger partial charge in [0.2, 0.25) is 0 Å². The highest BCUT2D eigenvalue weighted by atomic mass is 16.5. The monoisotopic (exact) mass is 290 g/mol. The Balaban J connectivity index is 1.94. The number of benzene rings is 1. The van der Waals surface area contributed by atoms with Crippen LogP contribution in [0.4, 0.5) is 0 Å². The molecule has 1 heterocycles. The summed E-state index contributed by atoms with van der Waals surface area (Å²) in [7, 11) is 0. The van der Waals surface area contributed by atoms with Gasteiger partial charge >= 0.3 is 0 Å². The molecule has 0 amide bonds. The standard InChI is InChI=1S/C18H30N2O/c1-13(2)21-17-9-7-16(8-10-17)18(19)12-20-11-14(3)5-6-15(20)4/h7-10,13-15,18H,5-6,11-12,19H2,1-4H3. The molecule has 1 aliphatic heterocycles. The quantitative estimate of drug-likeness (QED) is 0.900. The van der Waals surface area contributed by atoms with Gasteiger partial charge in [-0.1, -0.05) is 19.1 Å². The maximum Gasteiger partial charge on any atom is 0.119 e. The predicted molar refractivity (Wildman–Crippen MR) is 88.6 cm³/mol. The zero-order valence-corrected chi connectivity index (χ0v) is 13.9. The molecule has 3 nitrogen and oxygen atoms in total. The normalized spacial score (nSPS) is 25.0. The second-order valence-corrected chi connectivity index (χ2v) is 6.83. The fourth-order valence-corrected chi connectivity index (χ4v) is 3.06. The smallest absolute Gasteiger partial charge is 0.119 e. The molecule has 2 N–H and O–H groups in total. The maximum atomic E-state index is 6.40. The van der Waals surface area contributed by atoms with Crippen molar-refractivity contribution in [2.24, 2.45) is 11.7 Å². The van der Waals surface area contributed by atoms with Crippen LogP contribution in [0.15, 0.2) is 24.3 Å². The molecular formula is C18H30N2O. The molecule has 1 aromatic carbocycles. The van der Waals surface area contributed by atoms with E-state index in [1.807, 2.05) is 26.0 Å². The third kappa shape index (κ3) is 4.72. The van der Waals surface area contributed by atoms with E-state index in [0.717, 1.165) is 18.2 Å². The summed E-state index contributed by atoms with van der Waals surface area (Å²) in [4.78, 5) is 2.54. The number of ether oxygens (including phenoxy) is 1. The lowest BCUT2D eigenvalue weighted by Gasteiger charge is -2.38. The average Bonchev–Trinajstić information content (AvgIpc) is 2.43. The first kappa shape index (κ1) is 16.3. The lowest BCUT2D eigenvalue weighted by atomic mass is 9.94. The molecule has 0 saturated carbocycles. The fourth-order valence-electron chi connectivity index (χ4n) is 3.06. The Hall–Kier alpha value is -1.06. The third-order valence-electron chi connectivity index (χ3n) is 4.36. The summed E-state index contributed by atoms with van der Waals surface area (Å²) in [6.45, 7) is 10.8. The summed E-state index contributed by atoms with van der Waals surface area (Å²) < 4.78 is 5.68. The van der Waals surface area contributed by atoms with E-state index in [1.54, 1.807) is 0 Å². The van der Waals surface area contributed by atoms with Crippen LogP contribution in [-0.2, 0) is 0 Å². The van der Waals surface area contributed by atoms with Gasteiger partial charge in [0.05, 0.1) is 6.10 Å². The van der Waals surface area contributed by atoms with Gasteiger partial charge in [0.1, 0.15) is 5.75 Å². The topological polar surface area (TPSA) is 38.5 Å². The van der Waals surface area contributed by atoms with Crippen LogP contribution in [0, 0.1) is 5.92 Å². The number of nitrogens with two attached hydrogens (primary N) is 1. The van der Waals surface area contributed by atoms with Crippen LogP contribution in [0.3, 0.4) is 0 Å². The van der Waals surface area contributed by atoms with Crippen LogP contribution in [0.25, 0.3) is 0 Å². The summed E-state index contributed by atoms with van der Waals surface area (Å²) in [6.07, 6.45) is 2.84. The van der Waals surface area contributed by atoms with Crippen LogP contribution in [0.1, 0.15) is 52.1 Å². The first-order chi connectivity index (χ1) is 9.95. The summed E-state index contributed by atoms with van der Waals surface area (Å²) in [5.41, 5.74) is 7.59. The number of rotatable bonds is 5. The first-order valence-corrected chi connectivity index (χ1v) is 8.22. The molecule has 2 rings (SSSR count). The molecule has 3 atom stereocenters. The molecular weight excluding hydrogens is 260 g/mol. The molecule has 3 heteroatoms. The van der Waals surface area contributed by atoms with Crippen molar-refractivity contribution in [3.05, 3.63) is 29.8 Å². The number of nitrogens with zero attached hydrogens (tertiary/aromatic N) is 1. The zero-order chi connectivity index (χ0) is 15.4. The lowest BCUT2D eigenvalue weighted by Crippen LogP contribution is -2.44. The molecule has 1 saturated heterocycles. The lowest BCUT2D eigenvalue weighted by molar-refractivity contribution is 0.117. The molecule has 0 aromatic heterocycles. The van der Waals surface area contributed by atoms with Crippen molar-refractivity contribution in [1.82, 2.24) is 4.90 Å². The Bertz CT molecular complexity index is 429. The molecule has 0 radical (unpaired) electrons. The molecule has 0 aliphatic carbocycles. The summed E-state index contributed by atoms with van der Waals surface area (Å²) in [5, 5.41) is 0. The first-order valence-electron chi connectivity index (χ1n) is 8.22. The summed E-state index contributed by atoms with van der Waals surface area (Å²) in [6, 6.07) is 8.97. The molecule has 21 heavy (non-hydrogen) atoms. The van der Waals surface area contributed by atoms with E-state index in [4.69, 9.17) is 10.5 Å². The van der Waals surface area contributed by atoms with Gasteiger partial charge in [0.25, 0.3) is 0 Å². The van der Waals surface area contributed by atoms with Crippen LogP contribution in [0.2, 0.25) is 0 Å². The Morgan fingerprint density at radius 2 is 1.86 bits per heavy atom. The van der Waals surface area contributed by atoms with Crippen molar-refractivity contribution < 1.29 is 4.74 Å². The molecule has 1 aliphatic rings. The van der Waals surface area contributed by atoms with Gasteiger partial charge in [0, 0.05) is 25.2 Å². The van der Waals surface area contributed by atoms with Crippen molar-refractivity contribution in [1.29, 1.82) is 0 Å². The molecule has 0 bridgehead atoms. The van der Waals surface area contributed by atoms with Gasteiger partial charge in [-0.15, -0.1) is 0 Å². The number of hydrogen-bond donors (Lipinski definition) is 1. The van der Waals surface area contributed by atoms with Crippen LogP contribution >= 0.6 is 0 Å². The second kappa shape index (κ2) is 7.28. The van der Waals surface area contributed by atoms with Crippen LogP contribution in [0.5, 0.6) is 5.75 Å². The predicted octanol–water partition coefficient (Wildman–Crippen LogP) is 3.59. The zero-order valence-electron chi connectivity index (χ0n) is 13.9. The van der Waals surface area contributed by atoms with Gasteiger partial charge in [-0.3, -0.25) is 4.90 Å². The van der Waals surface area contributed by atoms with E-state index in [9.17, 15) is 0 Å². The Morgan fingerprint density at radius 3 is 2.48 bits per heavy atom. The minimum atomic E-state index is 0.0749. The Morgan fingerprint density at radius 1 is 1.19 bits per heavy atom. The molecule has 3 unspecified atom stereocenters. The van der Waals surface area contributed by atoms with Crippen LogP contribution in [-0.4, -0.2) is 30.1 Å². The van der Waals surface area contributed by atoms with E-state index in [2.05, 4.69) is 30.9 Å². The average molecular weight is 290 g/mol. The molecule has 1 fully saturated rings. The second-order valence-electron chi connectivity index (χ2n) is 6.83. The van der Waals surface area contributed by atoms with Gasteiger partial charge in [-0.25, -0.2) is 0 Å². The van der Waals surface area contributed by atoms with Crippen molar-refractivity contribution in [3.63, 3.8) is 0 Å². The number of piperidine rings is 1. The van der Waals surface area contributed by atoms with Crippen molar-refractivity contribution in [2.45, 2.75) is 58.7 Å². The van der Waals surface area contributed by atoms with Crippen molar-refractivity contribution in [2.75, 3.05) is 13.1 Å². The van der Waals surface area contributed by atoms with Gasteiger partial charge in [-0.2, -0.15) is 0 Å².